The minimum absolute atomic E-state index is 0.0478. The highest BCUT2D eigenvalue weighted by Crippen LogP contribution is 2.23. The third-order valence-corrected chi connectivity index (χ3v) is 5.02. The van der Waals surface area contributed by atoms with E-state index in [9.17, 15) is 4.79 Å². The summed E-state index contributed by atoms with van der Waals surface area (Å²) in [4.78, 5) is 12.6. The molecule has 144 valence electrons. The fourth-order valence-corrected chi connectivity index (χ4v) is 3.09. The number of hydrogen-bond acceptors (Lipinski definition) is 3. The molecular weight excluding hydrogens is 300 g/mol. The Labute approximate surface area is 150 Å². The maximum Gasteiger partial charge on any atom is 0.311 e. The van der Waals surface area contributed by atoms with Gasteiger partial charge in [0.15, 0.2) is 0 Å². The fourth-order valence-electron chi connectivity index (χ4n) is 3.09. The van der Waals surface area contributed by atoms with Gasteiger partial charge in [-0.05, 0) is 31.6 Å². The molecule has 0 spiro atoms. The molecule has 0 fully saturated rings. The molecule has 3 unspecified atom stereocenters. The Morgan fingerprint density at radius 1 is 0.833 bits per heavy atom. The molecule has 0 aromatic rings. The van der Waals surface area contributed by atoms with Crippen LogP contribution in [0.15, 0.2) is 0 Å². The lowest BCUT2D eigenvalue weighted by Crippen LogP contribution is -2.27. The predicted molar refractivity (Wildman–Crippen MR) is 102 cm³/mol. The molecule has 0 aliphatic carbocycles. The maximum absolute atomic E-state index is 12.6. The first-order chi connectivity index (χ1) is 11.6. The Morgan fingerprint density at radius 3 is 1.92 bits per heavy atom. The van der Waals surface area contributed by atoms with Crippen LogP contribution >= 0.6 is 0 Å². The normalized spacial score (nSPS) is 15.0. The predicted octanol–water partition coefficient (Wildman–Crippen LogP) is 6.01. The van der Waals surface area contributed by atoms with Crippen molar-refractivity contribution in [2.45, 2.75) is 92.4 Å². The van der Waals surface area contributed by atoms with E-state index in [-0.39, 0.29) is 11.9 Å². The summed E-state index contributed by atoms with van der Waals surface area (Å²) in [5, 5.41) is 0. The zero-order chi connectivity index (χ0) is 18.2. The van der Waals surface area contributed by atoms with Gasteiger partial charge in [0.1, 0.15) is 0 Å². The smallest absolute Gasteiger partial charge is 0.311 e. The molecule has 0 aromatic carbocycles. The topological polar surface area (TPSA) is 35.5 Å². The number of esters is 1. The molecule has 0 radical (unpaired) electrons. The number of unbranched alkanes of at least 4 members (excludes halogenated alkanes) is 2. The van der Waals surface area contributed by atoms with Gasteiger partial charge < -0.3 is 9.47 Å². The van der Waals surface area contributed by atoms with Crippen molar-refractivity contribution in [1.82, 2.24) is 0 Å². The van der Waals surface area contributed by atoms with E-state index in [0.29, 0.717) is 31.7 Å². The van der Waals surface area contributed by atoms with Crippen LogP contribution in [-0.2, 0) is 14.3 Å². The molecule has 0 saturated heterocycles. The standard InChI is InChI=1S/C21H42O3/c1-6-11-13-18(8-3)15-20(17-23-10-5)21(22)24-16-19(9-4)14-12-7-2/h18-20H,6-17H2,1-5H3. The van der Waals surface area contributed by atoms with Gasteiger partial charge in [-0.25, -0.2) is 0 Å². The van der Waals surface area contributed by atoms with E-state index in [1.165, 1.54) is 32.1 Å². The maximum atomic E-state index is 12.6. The van der Waals surface area contributed by atoms with Gasteiger partial charge in [-0.3, -0.25) is 4.79 Å². The lowest BCUT2D eigenvalue weighted by atomic mass is 9.89. The lowest BCUT2D eigenvalue weighted by Gasteiger charge is -2.23. The molecule has 0 rings (SSSR count). The first kappa shape index (κ1) is 23.4. The molecule has 24 heavy (non-hydrogen) atoms. The highest BCUT2D eigenvalue weighted by molar-refractivity contribution is 5.72. The Bertz CT molecular complexity index is 291. The van der Waals surface area contributed by atoms with Gasteiger partial charge in [0.2, 0.25) is 0 Å². The molecular formula is C21H42O3. The first-order valence-corrected chi connectivity index (χ1v) is 10.4. The molecule has 0 aliphatic heterocycles. The Morgan fingerprint density at radius 2 is 1.42 bits per heavy atom. The minimum atomic E-state index is -0.101. The number of carbonyl (C=O) groups excluding carboxylic acids is 1. The summed E-state index contributed by atoms with van der Waals surface area (Å²) in [6.45, 7) is 12.6. The van der Waals surface area contributed by atoms with E-state index in [4.69, 9.17) is 9.47 Å². The van der Waals surface area contributed by atoms with Gasteiger partial charge >= 0.3 is 5.97 Å². The van der Waals surface area contributed by atoms with Crippen LogP contribution in [0.25, 0.3) is 0 Å². The quantitative estimate of drug-likeness (QED) is 0.322. The Kier molecular flexibility index (Phi) is 15.6. The minimum Gasteiger partial charge on any atom is -0.465 e. The van der Waals surface area contributed by atoms with E-state index in [1.54, 1.807) is 0 Å². The molecule has 3 heteroatoms. The van der Waals surface area contributed by atoms with Crippen LogP contribution in [0, 0.1) is 17.8 Å². The van der Waals surface area contributed by atoms with Crippen LogP contribution in [0.2, 0.25) is 0 Å². The molecule has 3 atom stereocenters. The second-order valence-electron chi connectivity index (χ2n) is 7.06. The second-order valence-corrected chi connectivity index (χ2v) is 7.06. The van der Waals surface area contributed by atoms with E-state index in [2.05, 4.69) is 27.7 Å². The average Bonchev–Trinajstić information content (AvgIpc) is 2.61. The summed E-state index contributed by atoms with van der Waals surface area (Å²) in [6.07, 6.45) is 10.3. The summed E-state index contributed by atoms with van der Waals surface area (Å²) in [6, 6.07) is 0. The number of carbonyl (C=O) groups is 1. The van der Waals surface area contributed by atoms with Gasteiger partial charge in [-0.1, -0.05) is 72.6 Å². The zero-order valence-corrected chi connectivity index (χ0v) is 16.9. The SMILES string of the molecule is CCCCC(CC)COC(=O)C(COCC)CC(CC)CCCC. The largest absolute Gasteiger partial charge is 0.465 e. The van der Waals surface area contributed by atoms with Crippen molar-refractivity contribution < 1.29 is 14.3 Å². The summed E-state index contributed by atoms with van der Waals surface area (Å²) >= 11 is 0. The van der Waals surface area contributed by atoms with Crippen molar-refractivity contribution in [2.75, 3.05) is 19.8 Å². The Hall–Kier alpha value is -0.570. The van der Waals surface area contributed by atoms with Gasteiger partial charge in [0.25, 0.3) is 0 Å². The van der Waals surface area contributed by atoms with Crippen LogP contribution in [0.4, 0.5) is 0 Å². The number of rotatable bonds is 16. The average molecular weight is 343 g/mol. The van der Waals surface area contributed by atoms with Crippen LogP contribution in [-0.4, -0.2) is 25.8 Å². The van der Waals surface area contributed by atoms with E-state index >= 15 is 0 Å². The van der Waals surface area contributed by atoms with E-state index in [1.807, 2.05) is 6.92 Å². The first-order valence-electron chi connectivity index (χ1n) is 10.4. The van der Waals surface area contributed by atoms with Crippen LogP contribution < -0.4 is 0 Å². The highest BCUT2D eigenvalue weighted by atomic mass is 16.5. The third-order valence-electron chi connectivity index (χ3n) is 5.02. The zero-order valence-electron chi connectivity index (χ0n) is 16.9. The Balaban J connectivity index is 4.50. The van der Waals surface area contributed by atoms with Gasteiger partial charge in [0.05, 0.1) is 19.1 Å². The highest BCUT2D eigenvalue weighted by Gasteiger charge is 2.24. The van der Waals surface area contributed by atoms with Crippen molar-refractivity contribution in [3.05, 3.63) is 0 Å². The van der Waals surface area contributed by atoms with E-state index in [0.717, 1.165) is 25.7 Å². The van der Waals surface area contributed by atoms with Crippen molar-refractivity contribution in [3.8, 4) is 0 Å². The van der Waals surface area contributed by atoms with Crippen LogP contribution in [0.5, 0.6) is 0 Å². The number of ether oxygens (including phenoxy) is 2. The molecule has 0 amide bonds. The van der Waals surface area contributed by atoms with Crippen LogP contribution in [0.3, 0.4) is 0 Å². The molecule has 0 saturated carbocycles. The lowest BCUT2D eigenvalue weighted by molar-refractivity contribution is -0.153. The van der Waals surface area contributed by atoms with Crippen molar-refractivity contribution >= 4 is 5.97 Å². The van der Waals surface area contributed by atoms with Crippen LogP contribution in [0.1, 0.15) is 92.4 Å². The molecule has 0 aromatic heterocycles. The summed E-state index contributed by atoms with van der Waals surface area (Å²) < 4.78 is 11.2. The van der Waals surface area contributed by atoms with Crippen molar-refractivity contribution in [2.24, 2.45) is 17.8 Å². The number of hydrogen-bond donors (Lipinski definition) is 0. The van der Waals surface area contributed by atoms with Gasteiger partial charge in [0, 0.05) is 6.61 Å². The summed E-state index contributed by atoms with van der Waals surface area (Å²) in [7, 11) is 0. The van der Waals surface area contributed by atoms with Gasteiger partial charge in [-0.2, -0.15) is 0 Å². The second kappa shape index (κ2) is 15.9. The molecule has 0 heterocycles. The van der Waals surface area contributed by atoms with E-state index < -0.39 is 0 Å². The van der Waals surface area contributed by atoms with Crippen molar-refractivity contribution in [3.63, 3.8) is 0 Å². The van der Waals surface area contributed by atoms with Gasteiger partial charge in [-0.15, -0.1) is 0 Å². The van der Waals surface area contributed by atoms with Crippen molar-refractivity contribution in [1.29, 1.82) is 0 Å². The summed E-state index contributed by atoms with van der Waals surface area (Å²) in [5.41, 5.74) is 0. The monoisotopic (exact) mass is 342 g/mol. The fraction of sp³-hybridized carbons (Fsp3) is 0.952. The molecule has 0 N–H and O–H groups in total. The molecule has 0 aliphatic rings. The summed E-state index contributed by atoms with van der Waals surface area (Å²) in [5.74, 6) is 0.956. The molecule has 0 bridgehead atoms. The molecule has 3 nitrogen and oxygen atoms in total. The third kappa shape index (κ3) is 11.1.